The molecule has 0 saturated carbocycles. The van der Waals surface area contributed by atoms with Crippen molar-refractivity contribution in [3.8, 4) is 17.2 Å². The van der Waals surface area contributed by atoms with Crippen LogP contribution in [0.25, 0.3) is 0 Å². The fraction of sp³-hybridized carbons (Fsp3) is 0.286. The Morgan fingerprint density at radius 1 is 0.881 bits per heavy atom. The molecule has 1 heterocycles. The second-order valence-corrected chi connectivity index (χ2v) is 11.7. The highest BCUT2D eigenvalue weighted by Gasteiger charge is 2.29. The number of Topliss-reactive ketones (excluding diaryl/α,β-unsaturated/α-hetero) is 1. The smallest absolute Gasteiger partial charge is 0.205 e. The van der Waals surface area contributed by atoms with Gasteiger partial charge in [0.2, 0.25) is 5.79 Å². The highest BCUT2D eigenvalue weighted by molar-refractivity contribution is 9.10. The van der Waals surface area contributed by atoms with Crippen LogP contribution in [0.15, 0.2) is 95.5 Å². The summed E-state index contributed by atoms with van der Waals surface area (Å²) in [6.45, 7) is 5.07. The molecule has 0 spiro atoms. The van der Waals surface area contributed by atoms with Crippen LogP contribution in [0.5, 0.6) is 17.2 Å². The third-order valence-electron chi connectivity index (χ3n) is 7.49. The molecule has 0 amide bonds. The predicted molar refractivity (Wildman–Crippen MR) is 168 cm³/mol. The van der Waals surface area contributed by atoms with Crippen molar-refractivity contribution < 1.29 is 23.7 Å². The van der Waals surface area contributed by atoms with E-state index >= 15 is 0 Å². The largest absolute Gasteiger partial charge is 0.497 e. The van der Waals surface area contributed by atoms with Gasteiger partial charge >= 0.3 is 0 Å². The first-order chi connectivity index (χ1) is 20.2. The second-order valence-electron chi connectivity index (χ2n) is 10.8. The second kappa shape index (κ2) is 13.1. The van der Waals surface area contributed by atoms with Gasteiger partial charge in [0.15, 0.2) is 5.78 Å². The average Bonchev–Trinajstić information content (AvgIpc) is 3.00. The lowest BCUT2D eigenvalue weighted by Gasteiger charge is -2.33. The summed E-state index contributed by atoms with van der Waals surface area (Å²) in [6.07, 6.45) is 0.782. The number of benzene rings is 4. The van der Waals surface area contributed by atoms with Crippen LogP contribution in [0.1, 0.15) is 52.5 Å². The van der Waals surface area contributed by atoms with Gasteiger partial charge in [-0.3, -0.25) is 9.69 Å². The Morgan fingerprint density at radius 3 is 2.05 bits per heavy atom. The van der Waals surface area contributed by atoms with Crippen LogP contribution >= 0.6 is 15.9 Å². The van der Waals surface area contributed by atoms with Crippen molar-refractivity contribution in [1.82, 2.24) is 4.90 Å². The van der Waals surface area contributed by atoms with E-state index in [4.69, 9.17) is 18.9 Å². The number of rotatable bonds is 11. The van der Waals surface area contributed by atoms with Gasteiger partial charge in [-0.15, -0.1) is 0 Å². The minimum absolute atomic E-state index is 0.0328. The van der Waals surface area contributed by atoms with Gasteiger partial charge in [0, 0.05) is 36.0 Å². The Balaban J connectivity index is 1.49. The Kier molecular flexibility index (Phi) is 9.31. The maximum Gasteiger partial charge on any atom is 0.205 e. The highest BCUT2D eigenvalue weighted by atomic mass is 79.9. The number of hydrogen-bond donors (Lipinski definition) is 0. The van der Waals surface area contributed by atoms with Gasteiger partial charge in [0.25, 0.3) is 0 Å². The molecule has 0 unspecified atom stereocenters. The number of ketones is 1. The van der Waals surface area contributed by atoms with Gasteiger partial charge in [-0.1, -0.05) is 52.3 Å². The van der Waals surface area contributed by atoms with Crippen molar-refractivity contribution in [2.24, 2.45) is 0 Å². The minimum Gasteiger partial charge on any atom is -0.497 e. The van der Waals surface area contributed by atoms with E-state index in [9.17, 15) is 4.79 Å². The van der Waals surface area contributed by atoms with E-state index < -0.39 is 5.79 Å². The molecule has 42 heavy (non-hydrogen) atoms. The van der Waals surface area contributed by atoms with E-state index in [0.717, 1.165) is 44.8 Å². The van der Waals surface area contributed by atoms with Crippen molar-refractivity contribution in [2.75, 3.05) is 27.3 Å². The molecule has 4 aromatic rings. The SMILES string of the molecule is COc1ccc(C(c2ccc(OC)cc2)N(CCc2ccc(Br)cc2)CC(=O)c2ccc3c(c2)COC(C)(C)O3)cc1. The van der Waals surface area contributed by atoms with Crippen LogP contribution in [-0.4, -0.2) is 43.8 Å². The van der Waals surface area contributed by atoms with E-state index in [1.54, 1.807) is 14.2 Å². The van der Waals surface area contributed by atoms with Crippen molar-refractivity contribution >= 4 is 21.7 Å². The minimum atomic E-state index is -0.688. The quantitative estimate of drug-likeness (QED) is 0.159. The summed E-state index contributed by atoms with van der Waals surface area (Å²) >= 11 is 3.53. The lowest BCUT2D eigenvalue weighted by atomic mass is 9.95. The lowest BCUT2D eigenvalue weighted by molar-refractivity contribution is -0.180. The van der Waals surface area contributed by atoms with Gasteiger partial charge in [-0.25, -0.2) is 0 Å². The first-order valence-electron chi connectivity index (χ1n) is 14.0. The molecule has 0 atom stereocenters. The van der Waals surface area contributed by atoms with Crippen LogP contribution in [0.2, 0.25) is 0 Å². The zero-order valence-electron chi connectivity index (χ0n) is 24.4. The average molecular weight is 631 g/mol. The molecule has 0 bridgehead atoms. The number of fused-ring (bicyclic) bond motifs is 1. The van der Waals surface area contributed by atoms with Crippen molar-refractivity contribution in [2.45, 2.75) is 38.7 Å². The summed E-state index contributed by atoms with van der Waals surface area (Å²) in [5.74, 6) is 1.67. The molecular formula is C35H36BrNO5. The van der Waals surface area contributed by atoms with Gasteiger partial charge in [0.1, 0.15) is 17.2 Å². The number of ether oxygens (including phenoxy) is 4. The van der Waals surface area contributed by atoms with Crippen molar-refractivity contribution in [1.29, 1.82) is 0 Å². The summed E-state index contributed by atoms with van der Waals surface area (Å²) in [4.78, 5) is 16.2. The first-order valence-corrected chi connectivity index (χ1v) is 14.8. The van der Waals surface area contributed by atoms with E-state index in [0.29, 0.717) is 18.7 Å². The van der Waals surface area contributed by atoms with Crippen LogP contribution in [-0.2, 0) is 17.8 Å². The molecule has 1 aliphatic heterocycles. The number of halogens is 1. The van der Waals surface area contributed by atoms with E-state index in [-0.39, 0.29) is 18.4 Å². The topological polar surface area (TPSA) is 57.2 Å². The molecule has 1 aliphatic rings. The predicted octanol–water partition coefficient (Wildman–Crippen LogP) is 7.63. The number of methoxy groups -OCH3 is 2. The summed E-state index contributed by atoms with van der Waals surface area (Å²) < 4.78 is 23.7. The number of carbonyl (C=O) groups is 1. The Bertz CT molecular complexity index is 1450. The summed E-state index contributed by atoms with van der Waals surface area (Å²) in [5.41, 5.74) is 4.85. The van der Waals surface area contributed by atoms with Gasteiger partial charge in [-0.2, -0.15) is 0 Å². The summed E-state index contributed by atoms with van der Waals surface area (Å²) in [5, 5.41) is 0. The molecule has 0 fully saturated rings. The zero-order chi connectivity index (χ0) is 29.7. The molecule has 6 nitrogen and oxygen atoms in total. The third-order valence-corrected chi connectivity index (χ3v) is 8.02. The standard InChI is InChI=1S/C35H36BrNO5/c1-35(2)41-23-28-21-27(11-18-33(28)42-35)32(38)22-37(20-19-24-5-12-29(36)13-6-24)34(25-7-14-30(39-3)15-8-25)26-9-16-31(40-4)17-10-26/h5-18,21,34H,19-20,22-23H2,1-4H3. The fourth-order valence-corrected chi connectivity index (χ4v) is 5.46. The lowest BCUT2D eigenvalue weighted by Crippen LogP contribution is -2.37. The number of hydrogen-bond acceptors (Lipinski definition) is 6. The number of carbonyl (C=O) groups excluding carboxylic acids is 1. The van der Waals surface area contributed by atoms with Crippen LogP contribution in [0.3, 0.4) is 0 Å². The van der Waals surface area contributed by atoms with Gasteiger partial charge in [-0.05, 0) is 77.7 Å². The molecule has 5 rings (SSSR count). The molecule has 0 aromatic heterocycles. The molecule has 218 valence electrons. The molecule has 0 radical (unpaired) electrons. The van der Waals surface area contributed by atoms with Gasteiger partial charge < -0.3 is 18.9 Å². The van der Waals surface area contributed by atoms with Gasteiger partial charge in [0.05, 0.1) is 33.4 Å². The molecular weight excluding hydrogens is 594 g/mol. The van der Waals surface area contributed by atoms with E-state index in [1.807, 2.05) is 68.4 Å². The molecule has 7 heteroatoms. The van der Waals surface area contributed by atoms with E-state index in [1.165, 1.54) is 5.56 Å². The Hall–Kier alpha value is -3.65. The Morgan fingerprint density at radius 2 is 1.48 bits per heavy atom. The molecule has 0 aliphatic carbocycles. The molecule has 0 saturated heterocycles. The third kappa shape index (κ3) is 7.21. The Labute approximate surface area is 256 Å². The van der Waals surface area contributed by atoms with Crippen LogP contribution in [0, 0.1) is 0 Å². The molecule has 4 aromatic carbocycles. The van der Waals surface area contributed by atoms with E-state index in [2.05, 4.69) is 57.2 Å². The maximum atomic E-state index is 13.9. The molecule has 0 N–H and O–H groups in total. The van der Waals surface area contributed by atoms with Crippen LogP contribution in [0.4, 0.5) is 0 Å². The highest BCUT2D eigenvalue weighted by Crippen LogP contribution is 2.34. The van der Waals surface area contributed by atoms with Crippen LogP contribution < -0.4 is 14.2 Å². The number of nitrogens with zero attached hydrogens (tertiary/aromatic N) is 1. The normalized spacial score (nSPS) is 13.9. The van der Waals surface area contributed by atoms with Crippen molar-refractivity contribution in [3.63, 3.8) is 0 Å². The summed E-state index contributed by atoms with van der Waals surface area (Å²) in [7, 11) is 3.32. The first kappa shape index (κ1) is 29.8. The van der Waals surface area contributed by atoms with Crippen molar-refractivity contribution in [3.05, 3.63) is 123 Å². The fourth-order valence-electron chi connectivity index (χ4n) is 5.20. The summed E-state index contributed by atoms with van der Waals surface area (Å²) in [6, 6.07) is 29.9. The monoisotopic (exact) mass is 629 g/mol. The maximum absolute atomic E-state index is 13.9. The zero-order valence-corrected chi connectivity index (χ0v) is 26.0.